The molecular weight excluding hydrogens is 262 g/mol. The standard InChI is InChI=1S/C14H21NOS2/c1-10-8-13(12-4-7-17-14(12)18-10)15-5-6-16-9-11-2-3-11/h4,7,10-11,13,15H,2-3,5-6,8-9H2,1H3/t10-,13?/m0/s1. The van der Waals surface area contributed by atoms with Crippen LogP contribution in [-0.2, 0) is 4.74 Å². The summed E-state index contributed by atoms with van der Waals surface area (Å²) in [6, 6.07) is 2.81. The molecule has 2 heterocycles. The van der Waals surface area contributed by atoms with Crippen molar-refractivity contribution >= 4 is 23.1 Å². The average molecular weight is 283 g/mol. The van der Waals surface area contributed by atoms with Crippen LogP contribution in [0.25, 0.3) is 0 Å². The molecule has 18 heavy (non-hydrogen) atoms. The summed E-state index contributed by atoms with van der Waals surface area (Å²) in [6.45, 7) is 5.13. The van der Waals surface area contributed by atoms with E-state index < -0.39 is 0 Å². The summed E-state index contributed by atoms with van der Waals surface area (Å²) in [5.74, 6) is 0.875. The van der Waals surface area contributed by atoms with Gasteiger partial charge in [0.05, 0.1) is 10.8 Å². The second-order valence-corrected chi connectivity index (χ2v) is 7.98. The van der Waals surface area contributed by atoms with Crippen LogP contribution in [0, 0.1) is 5.92 Å². The number of thioether (sulfide) groups is 1. The second-order valence-electron chi connectivity index (χ2n) is 5.35. The van der Waals surface area contributed by atoms with Gasteiger partial charge in [0.2, 0.25) is 0 Å². The Hall–Kier alpha value is -0.0300. The van der Waals surface area contributed by atoms with Gasteiger partial charge in [-0.15, -0.1) is 23.1 Å². The molecule has 2 nitrogen and oxygen atoms in total. The van der Waals surface area contributed by atoms with E-state index in [9.17, 15) is 0 Å². The third kappa shape index (κ3) is 3.29. The summed E-state index contributed by atoms with van der Waals surface area (Å²) in [5.41, 5.74) is 1.50. The lowest BCUT2D eigenvalue weighted by Gasteiger charge is -2.27. The van der Waals surface area contributed by atoms with Crippen LogP contribution in [0.3, 0.4) is 0 Å². The average Bonchev–Trinajstić information content (AvgIpc) is 3.05. The first kappa shape index (κ1) is 13.0. The van der Waals surface area contributed by atoms with Crippen molar-refractivity contribution in [1.29, 1.82) is 0 Å². The van der Waals surface area contributed by atoms with E-state index in [0.717, 1.165) is 30.9 Å². The van der Waals surface area contributed by atoms with E-state index in [1.165, 1.54) is 29.0 Å². The number of fused-ring (bicyclic) bond motifs is 1. The van der Waals surface area contributed by atoms with Gasteiger partial charge in [-0.25, -0.2) is 0 Å². The summed E-state index contributed by atoms with van der Waals surface area (Å²) >= 11 is 3.91. The molecule has 2 atom stereocenters. The molecule has 4 heteroatoms. The minimum absolute atomic E-state index is 0.534. The molecule has 2 aliphatic rings. The predicted molar refractivity (Wildman–Crippen MR) is 78.5 cm³/mol. The molecule has 1 aromatic heterocycles. The Morgan fingerprint density at radius 1 is 1.44 bits per heavy atom. The van der Waals surface area contributed by atoms with Gasteiger partial charge in [-0.2, -0.15) is 0 Å². The lowest BCUT2D eigenvalue weighted by atomic mass is 10.1. The highest BCUT2D eigenvalue weighted by atomic mass is 32.2. The minimum Gasteiger partial charge on any atom is -0.380 e. The van der Waals surface area contributed by atoms with Crippen molar-refractivity contribution in [2.45, 2.75) is 41.7 Å². The molecule has 0 radical (unpaired) electrons. The maximum atomic E-state index is 5.68. The molecule has 0 aromatic carbocycles. The molecule has 1 fully saturated rings. The monoisotopic (exact) mass is 283 g/mol. The van der Waals surface area contributed by atoms with Gasteiger partial charge in [0.25, 0.3) is 0 Å². The van der Waals surface area contributed by atoms with Crippen molar-refractivity contribution in [2.24, 2.45) is 5.92 Å². The fourth-order valence-corrected chi connectivity index (χ4v) is 4.95. The first-order valence-corrected chi connectivity index (χ1v) is 8.64. The molecule has 3 rings (SSSR count). The maximum Gasteiger partial charge on any atom is 0.0649 e. The Kier molecular flexibility index (Phi) is 4.29. The highest BCUT2D eigenvalue weighted by Gasteiger charge is 2.25. The third-order valence-electron chi connectivity index (χ3n) is 3.60. The molecular formula is C14H21NOS2. The Labute approximate surface area is 117 Å². The fourth-order valence-electron chi connectivity index (χ4n) is 2.38. The van der Waals surface area contributed by atoms with Crippen molar-refractivity contribution in [3.63, 3.8) is 0 Å². The molecule has 100 valence electrons. The van der Waals surface area contributed by atoms with Crippen LogP contribution in [0.15, 0.2) is 15.7 Å². The molecule has 1 aliphatic heterocycles. The number of nitrogens with one attached hydrogen (secondary N) is 1. The molecule has 0 bridgehead atoms. The summed E-state index contributed by atoms with van der Waals surface area (Å²) in [7, 11) is 0. The molecule has 0 amide bonds. The first-order valence-electron chi connectivity index (χ1n) is 6.88. The van der Waals surface area contributed by atoms with Crippen LogP contribution in [0.5, 0.6) is 0 Å². The lowest BCUT2D eigenvalue weighted by Crippen LogP contribution is -2.29. The molecule has 0 spiro atoms. The summed E-state index contributed by atoms with van der Waals surface area (Å²) in [4.78, 5) is 0. The maximum absolute atomic E-state index is 5.68. The molecule has 1 aromatic rings. The van der Waals surface area contributed by atoms with Crippen molar-refractivity contribution in [2.75, 3.05) is 19.8 Å². The van der Waals surface area contributed by atoms with Gasteiger partial charge in [-0.3, -0.25) is 0 Å². The fraction of sp³-hybridized carbons (Fsp3) is 0.714. The van der Waals surface area contributed by atoms with E-state index in [2.05, 4.69) is 23.7 Å². The summed E-state index contributed by atoms with van der Waals surface area (Å²) in [5, 5.41) is 6.60. The first-order chi connectivity index (χ1) is 8.83. The molecule has 1 saturated carbocycles. The molecule has 1 N–H and O–H groups in total. The van der Waals surface area contributed by atoms with Gasteiger partial charge in [0, 0.05) is 24.4 Å². The number of thiophene rings is 1. The van der Waals surface area contributed by atoms with E-state index in [-0.39, 0.29) is 0 Å². The predicted octanol–water partition coefficient (Wildman–Crippen LogP) is 3.69. The van der Waals surface area contributed by atoms with Gasteiger partial charge >= 0.3 is 0 Å². The Bertz CT molecular complexity index is 389. The van der Waals surface area contributed by atoms with E-state index in [4.69, 9.17) is 4.74 Å². The van der Waals surface area contributed by atoms with Gasteiger partial charge in [-0.1, -0.05) is 6.92 Å². The van der Waals surface area contributed by atoms with Gasteiger partial charge in [0.1, 0.15) is 0 Å². The third-order valence-corrected chi connectivity index (χ3v) is 5.94. The number of ether oxygens (including phenoxy) is 1. The van der Waals surface area contributed by atoms with Crippen LogP contribution in [0.2, 0.25) is 0 Å². The highest BCUT2D eigenvalue weighted by molar-refractivity contribution is 8.01. The van der Waals surface area contributed by atoms with Gasteiger partial charge in [-0.05, 0) is 42.2 Å². The molecule has 1 aliphatic carbocycles. The van der Waals surface area contributed by atoms with Crippen molar-refractivity contribution < 1.29 is 4.74 Å². The van der Waals surface area contributed by atoms with E-state index in [1.54, 1.807) is 0 Å². The summed E-state index contributed by atoms with van der Waals surface area (Å²) < 4.78 is 7.18. The lowest BCUT2D eigenvalue weighted by molar-refractivity contribution is 0.124. The number of hydrogen-bond acceptors (Lipinski definition) is 4. The minimum atomic E-state index is 0.534. The number of rotatable bonds is 6. The molecule has 0 saturated heterocycles. The zero-order valence-electron chi connectivity index (χ0n) is 10.9. The Morgan fingerprint density at radius 2 is 2.33 bits per heavy atom. The second kappa shape index (κ2) is 5.95. The van der Waals surface area contributed by atoms with Gasteiger partial charge in [0.15, 0.2) is 0 Å². The quantitative estimate of drug-likeness (QED) is 0.805. The normalized spacial score (nSPS) is 27.2. The van der Waals surface area contributed by atoms with Gasteiger partial charge < -0.3 is 10.1 Å². The van der Waals surface area contributed by atoms with E-state index in [0.29, 0.717) is 6.04 Å². The van der Waals surface area contributed by atoms with Crippen LogP contribution < -0.4 is 5.32 Å². The summed E-state index contributed by atoms with van der Waals surface area (Å²) in [6.07, 6.45) is 3.99. The van der Waals surface area contributed by atoms with Crippen LogP contribution >= 0.6 is 23.1 Å². The number of hydrogen-bond donors (Lipinski definition) is 1. The van der Waals surface area contributed by atoms with Crippen LogP contribution in [0.4, 0.5) is 0 Å². The smallest absolute Gasteiger partial charge is 0.0649 e. The van der Waals surface area contributed by atoms with Crippen LogP contribution in [-0.4, -0.2) is 25.0 Å². The van der Waals surface area contributed by atoms with Crippen molar-refractivity contribution in [3.8, 4) is 0 Å². The van der Waals surface area contributed by atoms with Crippen LogP contribution in [0.1, 0.15) is 37.8 Å². The van der Waals surface area contributed by atoms with E-state index >= 15 is 0 Å². The Morgan fingerprint density at radius 3 is 3.17 bits per heavy atom. The van der Waals surface area contributed by atoms with Crippen molar-refractivity contribution in [3.05, 3.63) is 17.0 Å². The zero-order chi connectivity index (χ0) is 12.4. The van der Waals surface area contributed by atoms with E-state index in [1.807, 2.05) is 23.1 Å². The molecule has 1 unspecified atom stereocenters. The zero-order valence-corrected chi connectivity index (χ0v) is 12.5. The van der Waals surface area contributed by atoms with Crippen molar-refractivity contribution in [1.82, 2.24) is 5.32 Å². The SMILES string of the molecule is C[C@H]1CC(NCCOCC2CC2)c2ccsc2S1. The highest BCUT2D eigenvalue weighted by Crippen LogP contribution is 2.43. The Balaban J connectivity index is 1.44. The largest absolute Gasteiger partial charge is 0.380 e. The topological polar surface area (TPSA) is 21.3 Å².